The highest BCUT2D eigenvalue weighted by atomic mass is 16.4. The molecular formula is C12H14N2O4. The summed E-state index contributed by atoms with van der Waals surface area (Å²) < 4.78 is 10.5. The third kappa shape index (κ3) is 2.37. The molecule has 18 heavy (non-hydrogen) atoms. The SMILES string of the molecule is Cc1cc(C(C)Nc2nc(C(=O)O)co2)c(C)o1. The Balaban J connectivity index is 2.13. The highest BCUT2D eigenvalue weighted by molar-refractivity contribution is 5.85. The summed E-state index contributed by atoms with van der Waals surface area (Å²) in [6.45, 7) is 5.66. The zero-order valence-corrected chi connectivity index (χ0v) is 10.4. The number of aromatic nitrogens is 1. The zero-order chi connectivity index (χ0) is 13.3. The van der Waals surface area contributed by atoms with Crippen molar-refractivity contribution in [2.24, 2.45) is 0 Å². The normalized spacial score (nSPS) is 12.4. The Morgan fingerprint density at radius 1 is 1.50 bits per heavy atom. The van der Waals surface area contributed by atoms with Gasteiger partial charge in [-0.15, -0.1) is 0 Å². The van der Waals surface area contributed by atoms with Gasteiger partial charge in [-0.25, -0.2) is 4.79 Å². The molecule has 1 unspecified atom stereocenters. The molecule has 0 fully saturated rings. The molecule has 0 aliphatic rings. The number of carbonyl (C=O) groups is 1. The van der Waals surface area contributed by atoms with E-state index < -0.39 is 5.97 Å². The van der Waals surface area contributed by atoms with E-state index in [1.807, 2.05) is 26.8 Å². The van der Waals surface area contributed by atoms with Crippen LogP contribution in [0.1, 0.15) is 40.5 Å². The number of carboxylic acid groups (broad SMARTS) is 1. The summed E-state index contributed by atoms with van der Waals surface area (Å²) in [5.41, 5.74) is 0.868. The van der Waals surface area contributed by atoms with Crippen molar-refractivity contribution in [2.45, 2.75) is 26.8 Å². The van der Waals surface area contributed by atoms with Crippen LogP contribution in [0.25, 0.3) is 0 Å². The predicted molar refractivity (Wildman–Crippen MR) is 63.7 cm³/mol. The third-order valence-corrected chi connectivity index (χ3v) is 2.61. The van der Waals surface area contributed by atoms with Crippen LogP contribution in [0.2, 0.25) is 0 Å². The van der Waals surface area contributed by atoms with E-state index >= 15 is 0 Å². The Hall–Kier alpha value is -2.24. The van der Waals surface area contributed by atoms with E-state index in [1.54, 1.807) is 0 Å². The Kier molecular flexibility index (Phi) is 3.10. The lowest BCUT2D eigenvalue weighted by molar-refractivity contribution is 0.0690. The second-order valence-electron chi connectivity index (χ2n) is 4.08. The first-order chi connectivity index (χ1) is 8.47. The lowest BCUT2D eigenvalue weighted by Crippen LogP contribution is -2.07. The number of nitrogens with zero attached hydrogens (tertiary/aromatic N) is 1. The van der Waals surface area contributed by atoms with Crippen molar-refractivity contribution in [2.75, 3.05) is 5.32 Å². The second-order valence-corrected chi connectivity index (χ2v) is 4.08. The second kappa shape index (κ2) is 4.56. The fraction of sp³-hybridized carbons (Fsp3) is 0.333. The van der Waals surface area contributed by atoms with Crippen molar-refractivity contribution < 1.29 is 18.7 Å². The summed E-state index contributed by atoms with van der Waals surface area (Å²) in [5, 5.41) is 11.7. The number of furan rings is 1. The Morgan fingerprint density at radius 3 is 2.72 bits per heavy atom. The topological polar surface area (TPSA) is 88.5 Å². The minimum atomic E-state index is -1.12. The van der Waals surface area contributed by atoms with Gasteiger partial charge in [0.15, 0.2) is 5.69 Å². The molecule has 2 aromatic rings. The van der Waals surface area contributed by atoms with Gasteiger partial charge < -0.3 is 19.3 Å². The van der Waals surface area contributed by atoms with Gasteiger partial charge in [0.2, 0.25) is 0 Å². The van der Waals surface area contributed by atoms with Gasteiger partial charge in [0, 0.05) is 5.56 Å². The number of carboxylic acids is 1. The molecule has 6 heteroatoms. The van der Waals surface area contributed by atoms with E-state index in [-0.39, 0.29) is 17.8 Å². The fourth-order valence-corrected chi connectivity index (χ4v) is 1.78. The molecular weight excluding hydrogens is 236 g/mol. The van der Waals surface area contributed by atoms with E-state index in [2.05, 4.69) is 10.3 Å². The molecule has 2 heterocycles. The van der Waals surface area contributed by atoms with Crippen LogP contribution < -0.4 is 5.32 Å². The van der Waals surface area contributed by atoms with Crippen molar-refractivity contribution in [1.82, 2.24) is 4.98 Å². The monoisotopic (exact) mass is 250 g/mol. The average Bonchev–Trinajstić information content (AvgIpc) is 2.85. The molecule has 0 amide bonds. The molecule has 0 saturated carbocycles. The first-order valence-corrected chi connectivity index (χ1v) is 5.49. The van der Waals surface area contributed by atoms with Gasteiger partial charge in [-0.3, -0.25) is 0 Å². The first kappa shape index (κ1) is 12.2. The number of nitrogens with one attached hydrogen (secondary N) is 1. The first-order valence-electron chi connectivity index (χ1n) is 5.49. The van der Waals surface area contributed by atoms with Gasteiger partial charge in [-0.05, 0) is 26.8 Å². The zero-order valence-electron chi connectivity index (χ0n) is 10.4. The maximum atomic E-state index is 10.7. The fourth-order valence-electron chi connectivity index (χ4n) is 1.78. The molecule has 0 bridgehead atoms. The Bertz CT molecular complexity index is 570. The van der Waals surface area contributed by atoms with E-state index in [0.717, 1.165) is 23.3 Å². The number of oxazole rings is 1. The molecule has 1 atom stereocenters. The van der Waals surface area contributed by atoms with Crippen molar-refractivity contribution in [3.63, 3.8) is 0 Å². The Morgan fingerprint density at radius 2 is 2.22 bits per heavy atom. The maximum absolute atomic E-state index is 10.7. The predicted octanol–water partition coefficient (Wildman–Crippen LogP) is 2.76. The van der Waals surface area contributed by atoms with Crippen LogP contribution in [0, 0.1) is 13.8 Å². The molecule has 0 aromatic carbocycles. The van der Waals surface area contributed by atoms with Crippen LogP contribution in [0.4, 0.5) is 6.01 Å². The smallest absolute Gasteiger partial charge is 0.357 e. The van der Waals surface area contributed by atoms with Crippen molar-refractivity contribution in [3.8, 4) is 0 Å². The summed E-state index contributed by atoms with van der Waals surface area (Å²) in [6, 6.07) is 2.02. The van der Waals surface area contributed by atoms with E-state index in [1.165, 1.54) is 0 Å². The van der Waals surface area contributed by atoms with Crippen LogP contribution >= 0.6 is 0 Å². The summed E-state index contributed by atoms with van der Waals surface area (Å²) >= 11 is 0. The molecule has 96 valence electrons. The summed E-state index contributed by atoms with van der Waals surface area (Å²) in [6.07, 6.45) is 1.10. The van der Waals surface area contributed by atoms with Gasteiger partial charge in [0.05, 0.1) is 6.04 Å². The molecule has 2 N–H and O–H groups in total. The lowest BCUT2D eigenvalue weighted by Gasteiger charge is -2.10. The minimum Gasteiger partial charge on any atom is -0.476 e. The van der Waals surface area contributed by atoms with Crippen LogP contribution in [0.15, 0.2) is 21.2 Å². The van der Waals surface area contributed by atoms with E-state index in [9.17, 15) is 4.79 Å². The molecule has 0 aliphatic heterocycles. The largest absolute Gasteiger partial charge is 0.476 e. The number of rotatable bonds is 4. The molecule has 2 rings (SSSR count). The van der Waals surface area contributed by atoms with Crippen molar-refractivity contribution in [1.29, 1.82) is 0 Å². The molecule has 0 aliphatic carbocycles. The lowest BCUT2D eigenvalue weighted by atomic mass is 10.1. The highest BCUT2D eigenvalue weighted by Crippen LogP contribution is 2.24. The van der Waals surface area contributed by atoms with Crippen molar-refractivity contribution in [3.05, 3.63) is 35.1 Å². The summed E-state index contributed by atoms with van der Waals surface area (Å²) in [7, 11) is 0. The quantitative estimate of drug-likeness (QED) is 0.867. The van der Waals surface area contributed by atoms with Crippen LogP contribution in [0.5, 0.6) is 0 Å². The van der Waals surface area contributed by atoms with Gasteiger partial charge in [-0.1, -0.05) is 0 Å². The number of anilines is 1. The van der Waals surface area contributed by atoms with Gasteiger partial charge >= 0.3 is 5.97 Å². The Labute approximate surface area is 104 Å². The molecule has 0 radical (unpaired) electrons. The maximum Gasteiger partial charge on any atom is 0.357 e. The van der Waals surface area contributed by atoms with E-state index in [4.69, 9.17) is 13.9 Å². The van der Waals surface area contributed by atoms with Crippen LogP contribution in [0.3, 0.4) is 0 Å². The van der Waals surface area contributed by atoms with E-state index in [0.29, 0.717) is 0 Å². The molecule has 0 saturated heterocycles. The number of hydrogen-bond acceptors (Lipinski definition) is 5. The van der Waals surface area contributed by atoms with Gasteiger partial charge in [-0.2, -0.15) is 4.98 Å². The summed E-state index contributed by atoms with van der Waals surface area (Å²) in [4.78, 5) is 14.5. The van der Waals surface area contributed by atoms with Crippen LogP contribution in [-0.4, -0.2) is 16.1 Å². The summed E-state index contributed by atoms with van der Waals surface area (Å²) in [5.74, 6) is 0.530. The molecule has 0 spiro atoms. The highest BCUT2D eigenvalue weighted by Gasteiger charge is 2.16. The molecule has 2 aromatic heterocycles. The van der Waals surface area contributed by atoms with Crippen LogP contribution in [-0.2, 0) is 0 Å². The molecule has 6 nitrogen and oxygen atoms in total. The number of hydrogen-bond donors (Lipinski definition) is 2. The number of aryl methyl sites for hydroxylation is 2. The standard InChI is InChI=1S/C12H14N2O4/c1-6-4-9(8(3)18-6)7(2)13-12-14-10(5-17-12)11(15)16/h4-5,7H,1-3H3,(H,13,14)(H,15,16). The third-order valence-electron chi connectivity index (χ3n) is 2.61. The van der Waals surface area contributed by atoms with Gasteiger partial charge in [0.1, 0.15) is 17.8 Å². The van der Waals surface area contributed by atoms with Gasteiger partial charge in [0.25, 0.3) is 6.01 Å². The minimum absolute atomic E-state index is 0.0808. The number of aromatic carboxylic acids is 1. The average molecular weight is 250 g/mol. The van der Waals surface area contributed by atoms with Crippen molar-refractivity contribution >= 4 is 12.0 Å².